The van der Waals surface area contributed by atoms with Crippen LogP contribution in [0.5, 0.6) is 0 Å². The van der Waals surface area contributed by atoms with Crippen molar-refractivity contribution in [1.82, 2.24) is 15.0 Å². The van der Waals surface area contributed by atoms with Crippen molar-refractivity contribution in [3.8, 4) is 10.4 Å². The van der Waals surface area contributed by atoms with Crippen LogP contribution >= 0.6 is 11.3 Å². The van der Waals surface area contributed by atoms with Gasteiger partial charge in [-0.2, -0.15) is 5.10 Å². The number of pyridine rings is 1. The quantitative estimate of drug-likeness (QED) is 0.440. The molecule has 4 rings (SSSR count). The van der Waals surface area contributed by atoms with Crippen molar-refractivity contribution in [2.45, 2.75) is 0 Å². The fourth-order valence-corrected chi connectivity index (χ4v) is 3.36. The number of thiophene rings is 1. The summed E-state index contributed by atoms with van der Waals surface area (Å²) in [6.45, 7) is 0. The number of halogens is 1. The van der Waals surface area contributed by atoms with E-state index in [2.05, 4.69) is 25.5 Å². The van der Waals surface area contributed by atoms with E-state index in [1.807, 2.05) is 24.3 Å². The second-order valence-electron chi connectivity index (χ2n) is 5.18. The third-order valence-corrected chi connectivity index (χ3v) is 4.68. The Labute approximate surface area is 146 Å². The average molecular weight is 349 g/mol. The van der Waals surface area contributed by atoms with Crippen molar-refractivity contribution in [2.24, 2.45) is 5.10 Å². The largest absolute Gasteiger partial charge is 0.260 e. The Kier molecular flexibility index (Phi) is 4.14. The fraction of sp³-hybridized carbons (Fsp3) is 0. The van der Waals surface area contributed by atoms with Crippen molar-refractivity contribution in [3.05, 3.63) is 72.6 Å². The molecule has 0 unspecified atom stereocenters. The Bertz CT molecular complexity index is 1030. The lowest BCUT2D eigenvalue weighted by Crippen LogP contribution is -1.95. The first kappa shape index (κ1) is 15.3. The zero-order valence-corrected chi connectivity index (χ0v) is 13.7. The van der Waals surface area contributed by atoms with Crippen LogP contribution in [0.4, 0.5) is 10.2 Å². The highest BCUT2D eigenvalue weighted by molar-refractivity contribution is 7.22. The summed E-state index contributed by atoms with van der Waals surface area (Å²) in [6.07, 6.45) is 4.82. The molecule has 0 aliphatic heterocycles. The number of fused-ring (bicyclic) bond motifs is 1. The van der Waals surface area contributed by atoms with Gasteiger partial charge in [-0.3, -0.25) is 10.4 Å². The van der Waals surface area contributed by atoms with Gasteiger partial charge in [0.1, 0.15) is 12.1 Å². The number of rotatable bonds is 4. The molecule has 0 fully saturated rings. The minimum Gasteiger partial charge on any atom is -0.260 e. The molecule has 1 aromatic carbocycles. The number of hydrogen-bond donors (Lipinski definition) is 1. The van der Waals surface area contributed by atoms with E-state index >= 15 is 0 Å². The molecular weight excluding hydrogens is 337 g/mol. The molecule has 0 aliphatic rings. The lowest BCUT2D eigenvalue weighted by Gasteiger charge is -1.99. The van der Waals surface area contributed by atoms with Gasteiger partial charge in [0.15, 0.2) is 5.82 Å². The molecule has 0 saturated heterocycles. The smallest absolute Gasteiger partial charge is 0.167 e. The van der Waals surface area contributed by atoms with E-state index in [0.717, 1.165) is 26.4 Å². The fourth-order valence-electron chi connectivity index (χ4n) is 2.30. The molecule has 3 aromatic heterocycles. The van der Waals surface area contributed by atoms with E-state index in [4.69, 9.17) is 0 Å². The summed E-state index contributed by atoms with van der Waals surface area (Å²) in [5.74, 6) is 0.367. The third-order valence-electron chi connectivity index (χ3n) is 3.49. The van der Waals surface area contributed by atoms with Crippen LogP contribution in [0.15, 0.2) is 66.2 Å². The van der Waals surface area contributed by atoms with Crippen molar-refractivity contribution >= 4 is 33.6 Å². The molecule has 1 N–H and O–H groups in total. The molecule has 25 heavy (non-hydrogen) atoms. The van der Waals surface area contributed by atoms with Crippen molar-refractivity contribution in [3.63, 3.8) is 0 Å². The number of hydrogen-bond acceptors (Lipinski definition) is 6. The van der Waals surface area contributed by atoms with Gasteiger partial charge in [0, 0.05) is 11.1 Å². The molecule has 7 heteroatoms. The minimum absolute atomic E-state index is 0.254. The molecule has 0 saturated carbocycles. The Morgan fingerprint density at radius 1 is 1.04 bits per heavy atom. The topological polar surface area (TPSA) is 63.1 Å². The van der Waals surface area contributed by atoms with Crippen LogP contribution < -0.4 is 5.43 Å². The summed E-state index contributed by atoms with van der Waals surface area (Å²) in [5.41, 5.74) is 5.44. The Balaban J connectivity index is 1.63. The van der Waals surface area contributed by atoms with E-state index in [1.165, 1.54) is 29.8 Å². The van der Waals surface area contributed by atoms with Crippen molar-refractivity contribution in [1.29, 1.82) is 0 Å². The van der Waals surface area contributed by atoms with Crippen LogP contribution in [0.2, 0.25) is 0 Å². The highest BCUT2D eigenvalue weighted by Crippen LogP contribution is 2.35. The molecule has 3 heterocycles. The predicted octanol–water partition coefficient (Wildman–Crippen LogP) is 4.34. The van der Waals surface area contributed by atoms with Crippen LogP contribution in [0.3, 0.4) is 0 Å². The van der Waals surface area contributed by atoms with E-state index in [9.17, 15) is 4.39 Å². The van der Waals surface area contributed by atoms with Gasteiger partial charge >= 0.3 is 0 Å². The van der Waals surface area contributed by atoms with Crippen molar-refractivity contribution < 1.29 is 4.39 Å². The molecule has 0 spiro atoms. The highest BCUT2D eigenvalue weighted by Gasteiger charge is 2.10. The summed E-state index contributed by atoms with van der Waals surface area (Å²) in [5, 5.41) is 4.18. The van der Waals surface area contributed by atoms with Gasteiger partial charge in [-0.1, -0.05) is 18.2 Å². The first-order valence-corrected chi connectivity index (χ1v) is 8.32. The van der Waals surface area contributed by atoms with E-state index in [0.29, 0.717) is 5.82 Å². The molecular formula is C18H12FN5S. The number of nitrogens with zero attached hydrogens (tertiary/aromatic N) is 4. The van der Waals surface area contributed by atoms with E-state index < -0.39 is 0 Å². The Morgan fingerprint density at radius 3 is 2.72 bits per heavy atom. The summed E-state index contributed by atoms with van der Waals surface area (Å²) in [4.78, 5) is 13.7. The molecule has 4 aromatic rings. The van der Waals surface area contributed by atoms with Crippen LogP contribution in [-0.4, -0.2) is 21.2 Å². The normalized spacial score (nSPS) is 11.2. The minimum atomic E-state index is -0.254. The summed E-state index contributed by atoms with van der Waals surface area (Å²) >= 11 is 1.53. The summed E-state index contributed by atoms with van der Waals surface area (Å²) in [7, 11) is 0. The second kappa shape index (κ2) is 6.74. The van der Waals surface area contributed by atoms with Crippen LogP contribution in [0.25, 0.3) is 20.7 Å². The predicted molar refractivity (Wildman–Crippen MR) is 98.3 cm³/mol. The maximum absolute atomic E-state index is 13.1. The standard InChI is InChI=1S/C18H12FN5S/c19-13-6-4-12(5-7-13)16-9-15-17(25-16)18(22-11-21-15)24-23-10-14-3-1-2-8-20-14/h1-11H,(H,21,22,24). The molecule has 0 aliphatic carbocycles. The molecule has 0 atom stereocenters. The van der Waals surface area contributed by atoms with Crippen LogP contribution in [0.1, 0.15) is 5.69 Å². The summed E-state index contributed by atoms with van der Waals surface area (Å²) in [6, 6.07) is 14.0. The molecule has 5 nitrogen and oxygen atoms in total. The third kappa shape index (κ3) is 3.36. The monoisotopic (exact) mass is 349 g/mol. The number of nitrogens with one attached hydrogen (secondary N) is 1. The van der Waals surface area contributed by atoms with Gasteiger partial charge in [-0.05, 0) is 35.9 Å². The maximum atomic E-state index is 13.1. The Hall–Kier alpha value is -3.19. The van der Waals surface area contributed by atoms with Gasteiger partial charge in [0.25, 0.3) is 0 Å². The second-order valence-corrected chi connectivity index (χ2v) is 6.23. The van der Waals surface area contributed by atoms with Crippen LogP contribution in [-0.2, 0) is 0 Å². The van der Waals surface area contributed by atoms with E-state index in [-0.39, 0.29) is 5.82 Å². The van der Waals surface area contributed by atoms with Crippen LogP contribution in [0, 0.1) is 5.82 Å². The molecule has 0 bridgehead atoms. The lowest BCUT2D eigenvalue weighted by atomic mass is 10.2. The maximum Gasteiger partial charge on any atom is 0.167 e. The van der Waals surface area contributed by atoms with E-state index in [1.54, 1.807) is 24.5 Å². The molecule has 122 valence electrons. The zero-order valence-electron chi connectivity index (χ0n) is 12.9. The first-order valence-electron chi connectivity index (χ1n) is 7.50. The number of aromatic nitrogens is 3. The summed E-state index contributed by atoms with van der Waals surface area (Å²) < 4.78 is 14.0. The zero-order chi connectivity index (χ0) is 17.1. The lowest BCUT2D eigenvalue weighted by molar-refractivity contribution is 0.628. The molecule has 0 amide bonds. The highest BCUT2D eigenvalue weighted by atomic mass is 32.1. The van der Waals surface area contributed by atoms with Gasteiger partial charge in [0.05, 0.1) is 22.1 Å². The first-order chi connectivity index (χ1) is 12.3. The number of benzene rings is 1. The molecule has 0 radical (unpaired) electrons. The Morgan fingerprint density at radius 2 is 1.92 bits per heavy atom. The van der Waals surface area contributed by atoms with Gasteiger partial charge in [-0.25, -0.2) is 14.4 Å². The average Bonchev–Trinajstić information content (AvgIpc) is 3.08. The van der Waals surface area contributed by atoms with Gasteiger partial charge in [0.2, 0.25) is 0 Å². The number of anilines is 1. The van der Waals surface area contributed by atoms with Gasteiger partial charge in [-0.15, -0.1) is 11.3 Å². The SMILES string of the molecule is Fc1ccc(-c2cc3ncnc(NN=Cc4ccccn4)c3s2)cc1. The van der Waals surface area contributed by atoms with Crippen molar-refractivity contribution in [2.75, 3.05) is 5.43 Å². The van der Waals surface area contributed by atoms with Gasteiger partial charge < -0.3 is 0 Å². The number of hydrazone groups is 1.